The van der Waals surface area contributed by atoms with Crippen molar-refractivity contribution in [3.8, 4) is 11.5 Å². The third-order valence-electron chi connectivity index (χ3n) is 3.81. The largest absolute Gasteiger partial charge is 0.497 e. The van der Waals surface area contributed by atoms with Gasteiger partial charge in [0.1, 0.15) is 17.2 Å². The average molecular weight is 363 g/mol. The molecule has 0 saturated heterocycles. The average Bonchev–Trinajstić information content (AvgIpc) is 2.71. The molecule has 0 unspecified atom stereocenters. The van der Waals surface area contributed by atoms with Gasteiger partial charge >= 0.3 is 0 Å². The van der Waals surface area contributed by atoms with Crippen LogP contribution < -0.4 is 20.1 Å². The summed E-state index contributed by atoms with van der Waals surface area (Å²) in [6, 6.07) is 18.3. The van der Waals surface area contributed by atoms with Gasteiger partial charge in [0.2, 0.25) is 0 Å². The summed E-state index contributed by atoms with van der Waals surface area (Å²) in [6.45, 7) is 2.42. The minimum Gasteiger partial charge on any atom is -0.497 e. The molecule has 1 heterocycles. The Kier molecular flexibility index (Phi) is 5.89. The monoisotopic (exact) mass is 363 g/mol. The van der Waals surface area contributed by atoms with Gasteiger partial charge in [0.05, 0.1) is 31.3 Å². The predicted octanol–water partition coefficient (Wildman–Crippen LogP) is 4.48. The fourth-order valence-corrected chi connectivity index (χ4v) is 2.48. The van der Waals surface area contributed by atoms with Crippen LogP contribution in [0, 0.1) is 0 Å². The molecule has 0 aliphatic carbocycles. The van der Waals surface area contributed by atoms with Crippen molar-refractivity contribution in [2.75, 3.05) is 24.4 Å². The van der Waals surface area contributed by atoms with Gasteiger partial charge < -0.3 is 20.1 Å². The van der Waals surface area contributed by atoms with Gasteiger partial charge in [0.15, 0.2) is 0 Å². The Morgan fingerprint density at radius 1 is 1.00 bits per heavy atom. The zero-order chi connectivity index (χ0) is 19.1. The van der Waals surface area contributed by atoms with E-state index in [0.29, 0.717) is 23.7 Å². The number of anilines is 3. The predicted molar refractivity (Wildman–Crippen MR) is 106 cm³/mol. The normalized spacial score (nSPS) is 10.1. The molecule has 0 aliphatic rings. The van der Waals surface area contributed by atoms with Crippen LogP contribution in [0.5, 0.6) is 11.5 Å². The molecule has 2 aromatic carbocycles. The molecule has 0 atom stereocenters. The Bertz CT molecular complexity index is 893. The van der Waals surface area contributed by atoms with Crippen LogP contribution in [0.2, 0.25) is 0 Å². The van der Waals surface area contributed by atoms with E-state index in [1.54, 1.807) is 31.5 Å². The molecule has 1 amide bonds. The summed E-state index contributed by atoms with van der Waals surface area (Å²) in [7, 11) is 1.63. The number of pyridine rings is 1. The summed E-state index contributed by atoms with van der Waals surface area (Å²) in [6.07, 6.45) is 1.62. The Labute approximate surface area is 158 Å². The van der Waals surface area contributed by atoms with Crippen LogP contribution in [-0.4, -0.2) is 24.6 Å². The Hall–Kier alpha value is -3.54. The number of ether oxygens (including phenoxy) is 2. The maximum Gasteiger partial charge on any atom is 0.274 e. The van der Waals surface area contributed by atoms with Crippen LogP contribution in [0.25, 0.3) is 0 Å². The molecule has 1 aromatic heterocycles. The number of hydrogen-bond donors (Lipinski definition) is 2. The molecular formula is C21H21N3O3. The van der Waals surface area contributed by atoms with E-state index in [9.17, 15) is 4.79 Å². The van der Waals surface area contributed by atoms with E-state index < -0.39 is 0 Å². The first kappa shape index (κ1) is 18.3. The van der Waals surface area contributed by atoms with Gasteiger partial charge in [-0.3, -0.25) is 4.79 Å². The van der Waals surface area contributed by atoms with Gasteiger partial charge in [-0.2, -0.15) is 0 Å². The molecule has 0 bridgehead atoms. The first-order chi connectivity index (χ1) is 13.2. The summed E-state index contributed by atoms with van der Waals surface area (Å²) in [4.78, 5) is 16.7. The zero-order valence-electron chi connectivity index (χ0n) is 15.2. The van der Waals surface area contributed by atoms with E-state index >= 15 is 0 Å². The maximum atomic E-state index is 12.4. The minimum absolute atomic E-state index is 0.293. The van der Waals surface area contributed by atoms with Crippen molar-refractivity contribution >= 4 is 23.0 Å². The number of nitrogens with one attached hydrogen (secondary N) is 2. The SMILES string of the molecule is CCOc1ccccc1NC(=O)c1ccc(Nc2ccc(OC)cc2)cn1. The zero-order valence-corrected chi connectivity index (χ0v) is 15.2. The minimum atomic E-state index is -0.293. The number of nitrogens with zero attached hydrogens (tertiary/aromatic N) is 1. The van der Waals surface area contributed by atoms with Crippen LogP contribution in [0.4, 0.5) is 17.1 Å². The van der Waals surface area contributed by atoms with Crippen LogP contribution in [-0.2, 0) is 0 Å². The number of aromatic nitrogens is 1. The van der Waals surface area contributed by atoms with Gasteiger partial charge in [0, 0.05) is 5.69 Å². The molecule has 0 fully saturated rings. The Morgan fingerprint density at radius 2 is 1.74 bits per heavy atom. The summed E-state index contributed by atoms with van der Waals surface area (Å²) in [5.41, 5.74) is 2.63. The van der Waals surface area contributed by atoms with Gasteiger partial charge in [-0.1, -0.05) is 12.1 Å². The second kappa shape index (κ2) is 8.71. The van der Waals surface area contributed by atoms with Crippen LogP contribution >= 0.6 is 0 Å². The first-order valence-corrected chi connectivity index (χ1v) is 8.60. The molecule has 6 nitrogen and oxygen atoms in total. The Balaban J connectivity index is 1.66. The molecule has 2 N–H and O–H groups in total. The standard InChI is InChI=1S/C21H21N3O3/c1-3-27-20-7-5-4-6-18(20)24-21(25)19-13-10-16(14-22-19)23-15-8-11-17(26-2)12-9-15/h4-14,23H,3H2,1-2H3,(H,24,25). The lowest BCUT2D eigenvalue weighted by molar-refractivity contribution is 0.102. The first-order valence-electron chi connectivity index (χ1n) is 8.60. The van der Waals surface area contributed by atoms with Gasteiger partial charge in [-0.25, -0.2) is 4.98 Å². The lowest BCUT2D eigenvalue weighted by Gasteiger charge is -2.11. The molecule has 0 saturated carbocycles. The van der Waals surface area contributed by atoms with Crippen molar-refractivity contribution in [3.63, 3.8) is 0 Å². The van der Waals surface area contributed by atoms with Crippen LogP contribution in [0.3, 0.4) is 0 Å². The summed E-state index contributed by atoms with van der Waals surface area (Å²) >= 11 is 0. The topological polar surface area (TPSA) is 72.5 Å². The second-order valence-corrected chi connectivity index (χ2v) is 5.67. The molecule has 0 radical (unpaired) electrons. The maximum absolute atomic E-state index is 12.4. The Morgan fingerprint density at radius 3 is 2.41 bits per heavy atom. The van der Waals surface area contributed by atoms with Crippen molar-refractivity contribution < 1.29 is 14.3 Å². The number of amides is 1. The van der Waals surface area contributed by atoms with Crippen LogP contribution in [0.15, 0.2) is 66.9 Å². The molecular weight excluding hydrogens is 342 g/mol. The highest BCUT2D eigenvalue weighted by Gasteiger charge is 2.11. The van der Waals surface area contributed by atoms with Gasteiger partial charge in [0.25, 0.3) is 5.91 Å². The van der Waals surface area contributed by atoms with Gasteiger partial charge in [-0.05, 0) is 55.5 Å². The second-order valence-electron chi connectivity index (χ2n) is 5.67. The number of rotatable bonds is 7. The smallest absolute Gasteiger partial charge is 0.274 e. The number of carbonyl (C=O) groups is 1. The van der Waals surface area contributed by atoms with Crippen molar-refractivity contribution in [2.45, 2.75) is 6.92 Å². The summed E-state index contributed by atoms with van der Waals surface area (Å²) in [5.74, 6) is 1.13. The molecule has 138 valence electrons. The third-order valence-corrected chi connectivity index (χ3v) is 3.81. The number of benzene rings is 2. The van der Waals surface area contributed by atoms with E-state index in [0.717, 1.165) is 17.1 Å². The number of para-hydroxylation sites is 2. The summed E-state index contributed by atoms with van der Waals surface area (Å²) < 4.78 is 10.7. The number of methoxy groups -OCH3 is 1. The van der Waals surface area contributed by atoms with Crippen molar-refractivity contribution in [1.82, 2.24) is 4.98 Å². The molecule has 27 heavy (non-hydrogen) atoms. The van der Waals surface area contributed by atoms with E-state index in [-0.39, 0.29) is 5.91 Å². The van der Waals surface area contributed by atoms with E-state index in [1.165, 1.54) is 0 Å². The van der Waals surface area contributed by atoms with Crippen molar-refractivity contribution in [3.05, 3.63) is 72.6 Å². The van der Waals surface area contributed by atoms with Crippen molar-refractivity contribution in [2.24, 2.45) is 0 Å². The molecule has 0 spiro atoms. The highest BCUT2D eigenvalue weighted by atomic mass is 16.5. The fourth-order valence-electron chi connectivity index (χ4n) is 2.48. The molecule has 6 heteroatoms. The van der Waals surface area contributed by atoms with E-state index in [4.69, 9.17) is 9.47 Å². The highest BCUT2D eigenvalue weighted by molar-refractivity contribution is 6.03. The quantitative estimate of drug-likeness (QED) is 0.647. The van der Waals surface area contributed by atoms with Gasteiger partial charge in [-0.15, -0.1) is 0 Å². The third kappa shape index (κ3) is 4.76. The van der Waals surface area contributed by atoms with E-state index in [1.807, 2.05) is 49.4 Å². The summed E-state index contributed by atoms with van der Waals surface area (Å²) in [5, 5.41) is 6.06. The van der Waals surface area contributed by atoms with Crippen molar-refractivity contribution in [1.29, 1.82) is 0 Å². The number of hydrogen-bond acceptors (Lipinski definition) is 5. The van der Waals surface area contributed by atoms with Crippen LogP contribution in [0.1, 0.15) is 17.4 Å². The lowest BCUT2D eigenvalue weighted by atomic mass is 10.2. The van der Waals surface area contributed by atoms with E-state index in [2.05, 4.69) is 15.6 Å². The number of carbonyl (C=O) groups excluding carboxylic acids is 1. The molecule has 3 rings (SSSR count). The molecule has 0 aliphatic heterocycles. The fraction of sp³-hybridized carbons (Fsp3) is 0.143. The lowest BCUT2D eigenvalue weighted by Crippen LogP contribution is -2.14. The molecule has 3 aromatic rings. The highest BCUT2D eigenvalue weighted by Crippen LogP contribution is 2.24.